The number of pyridine rings is 1. The van der Waals surface area contributed by atoms with Gasteiger partial charge in [-0.15, -0.1) is 0 Å². The number of aromatic nitrogens is 1. The highest BCUT2D eigenvalue weighted by atomic mass is 35.5. The lowest BCUT2D eigenvalue weighted by Crippen LogP contribution is -2.21. The topological polar surface area (TPSA) is 102 Å². The highest BCUT2D eigenvalue weighted by Crippen LogP contribution is 2.28. The van der Waals surface area contributed by atoms with E-state index >= 15 is 0 Å². The summed E-state index contributed by atoms with van der Waals surface area (Å²) in [6.07, 6.45) is 3.02. The van der Waals surface area contributed by atoms with Crippen molar-refractivity contribution in [3.05, 3.63) is 82.6 Å². The summed E-state index contributed by atoms with van der Waals surface area (Å²) in [6.45, 7) is 0. The quantitative estimate of drug-likeness (QED) is 0.432. The monoisotopic (exact) mass is 438 g/mol. The van der Waals surface area contributed by atoms with Crippen molar-refractivity contribution >= 4 is 35.3 Å². The molecular formula is C22H19ClN4O4. The molecule has 3 aromatic rings. The van der Waals surface area contributed by atoms with E-state index in [2.05, 4.69) is 20.8 Å². The van der Waals surface area contributed by atoms with Crippen molar-refractivity contribution in [2.75, 3.05) is 19.5 Å². The van der Waals surface area contributed by atoms with Gasteiger partial charge in [-0.05, 0) is 48.5 Å². The van der Waals surface area contributed by atoms with Crippen LogP contribution in [0.25, 0.3) is 0 Å². The maximum Gasteiger partial charge on any atom is 0.273 e. The minimum Gasteiger partial charge on any atom is -0.493 e. The zero-order valence-electron chi connectivity index (χ0n) is 16.8. The molecule has 0 spiro atoms. The molecule has 3 rings (SSSR count). The molecule has 1 heterocycles. The molecule has 0 fully saturated rings. The number of carbonyl (C=O) groups is 2. The van der Waals surface area contributed by atoms with Crippen molar-refractivity contribution in [3.8, 4) is 11.5 Å². The van der Waals surface area contributed by atoms with Crippen molar-refractivity contribution in [2.24, 2.45) is 5.10 Å². The van der Waals surface area contributed by atoms with Gasteiger partial charge in [-0.2, -0.15) is 5.10 Å². The first-order valence-corrected chi connectivity index (χ1v) is 9.47. The van der Waals surface area contributed by atoms with Crippen LogP contribution >= 0.6 is 11.6 Å². The van der Waals surface area contributed by atoms with Gasteiger partial charge >= 0.3 is 0 Å². The lowest BCUT2D eigenvalue weighted by molar-refractivity contribution is 0.0956. The summed E-state index contributed by atoms with van der Waals surface area (Å²) in [5.74, 6) is -0.0731. The number of nitrogens with zero attached hydrogens (tertiary/aromatic N) is 2. The van der Waals surface area contributed by atoms with Crippen LogP contribution in [0.15, 0.2) is 65.9 Å². The molecule has 0 aliphatic carbocycles. The molecule has 0 bridgehead atoms. The number of hydrazone groups is 1. The van der Waals surface area contributed by atoms with E-state index in [-0.39, 0.29) is 11.3 Å². The van der Waals surface area contributed by atoms with Crippen molar-refractivity contribution in [1.82, 2.24) is 10.4 Å². The Kier molecular flexibility index (Phi) is 7.18. The van der Waals surface area contributed by atoms with Gasteiger partial charge in [-0.1, -0.05) is 17.7 Å². The predicted molar refractivity (Wildman–Crippen MR) is 118 cm³/mol. The summed E-state index contributed by atoms with van der Waals surface area (Å²) >= 11 is 6.05. The number of methoxy groups -OCH3 is 2. The maximum absolute atomic E-state index is 12.7. The molecule has 2 N–H and O–H groups in total. The zero-order valence-corrected chi connectivity index (χ0v) is 17.5. The fourth-order valence-electron chi connectivity index (χ4n) is 2.65. The third-order valence-electron chi connectivity index (χ3n) is 4.17. The van der Waals surface area contributed by atoms with Crippen LogP contribution < -0.4 is 20.2 Å². The molecule has 0 saturated heterocycles. The molecule has 0 unspecified atom stereocenters. The van der Waals surface area contributed by atoms with Gasteiger partial charge in [0.15, 0.2) is 11.5 Å². The summed E-state index contributed by atoms with van der Waals surface area (Å²) in [4.78, 5) is 29.4. The highest BCUT2D eigenvalue weighted by molar-refractivity contribution is 6.31. The zero-order chi connectivity index (χ0) is 22.2. The summed E-state index contributed by atoms with van der Waals surface area (Å²) < 4.78 is 10.4. The summed E-state index contributed by atoms with van der Waals surface area (Å²) in [5.41, 5.74) is 3.74. The molecule has 9 heteroatoms. The normalized spacial score (nSPS) is 10.5. The molecule has 158 valence electrons. The highest BCUT2D eigenvalue weighted by Gasteiger charge is 2.16. The number of ether oxygens (including phenoxy) is 2. The Morgan fingerprint density at radius 1 is 1.00 bits per heavy atom. The van der Waals surface area contributed by atoms with Gasteiger partial charge < -0.3 is 14.8 Å². The van der Waals surface area contributed by atoms with Crippen molar-refractivity contribution in [3.63, 3.8) is 0 Å². The average molecular weight is 439 g/mol. The second kappa shape index (κ2) is 10.2. The van der Waals surface area contributed by atoms with E-state index in [0.29, 0.717) is 27.8 Å². The Balaban J connectivity index is 1.78. The number of carbonyl (C=O) groups excluding carboxylic acids is 2. The second-order valence-corrected chi connectivity index (χ2v) is 6.60. The van der Waals surface area contributed by atoms with Crippen molar-refractivity contribution < 1.29 is 19.1 Å². The van der Waals surface area contributed by atoms with Crippen LogP contribution in [0.3, 0.4) is 0 Å². The Morgan fingerprint density at radius 3 is 2.52 bits per heavy atom. The minimum absolute atomic E-state index is 0.152. The van der Waals surface area contributed by atoms with E-state index in [1.54, 1.807) is 54.7 Å². The number of rotatable bonds is 7. The smallest absolute Gasteiger partial charge is 0.273 e. The number of amides is 2. The van der Waals surface area contributed by atoms with Crippen LogP contribution in [-0.2, 0) is 0 Å². The Hall–Kier alpha value is -3.91. The molecule has 0 aliphatic heterocycles. The summed E-state index contributed by atoms with van der Waals surface area (Å²) in [6, 6.07) is 14.6. The molecule has 0 aliphatic rings. The largest absolute Gasteiger partial charge is 0.493 e. The lowest BCUT2D eigenvalue weighted by Gasteiger charge is -2.12. The molecule has 31 heavy (non-hydrogen) atoms. The molecule has 0 saturated carbocycles. The number of hydrogen-bond donors (Lipinski definition) is 2. The number of benzene rings is 2. The Bertz CT molecular complexity index is 1120. The molecule has 2 amide bonds. The first-order valence-electron chi connectivity index (χ1n) is 9.09. The van der Waals surface area contributed by atoms with Crippen LogP contribution in [0.4, 0.5) is 5.69 Å². The molecule has 8 nitrogen and oxygen atoms in total. The van der Waals surface area contributed by atoms with E-state index in [9.17, 15) is 9.59 Å². The SMILES string of the molecule is COc1ccc(C(=O)Nc2ccc(Cl)cc2C(=O)N/N=C/c2ccccn2)cc1OC. The van der Waals surface area contributed by atoms with Gasteiger partial charge in [0.05, 0.1) is 37.4 Å². The van der Waals surface area contributed by atoms with E-state index < -0.39 is 11.8 Å². The number of halogens is 1. The molecule has 0 radical (unpaired) electrons. The van der Waals surface area contributed by atoms with Gasteiger partial charge in [0.1, 0.15) is 0 Å². The third kappa shape index (κ3) is 5.58. The number of anilines is 1. The van der Waals surface area contributed by atoms with E-state index in [1.165, 1.54) is 26.5 Å². The lowest BCUT2D eigenvalue weighted by atomic mass is 10.1. The fourth-order valence-corrected chi connectivity index (χ4v) is 2.83. The Labute approximate surface area is 183 Å². The van der Waals surface area contributed by atoms with Crippen LogP contribution in [-0.4, -0.2) is 37.2 Å². The van der Waals surface area contributed by atoms with Gasteiger partial charge in [0, 0.05) is 16.8 Å². The summed E-state index contributed by atoms with van der Waals surface area (Å²) in [7, 11) is 2.99. The fraction of sp³-hybridized carbons (Fsp3) is 0.0909. The number of hydrogen-bond acceptors (Lipinski definition) is 6. The Morgan fingerprint density at radius 2 is 1.81 bits per heavy atom. The van der Waals surface area contributed by atoms with E-state index in [1.807, 2.05) is 0 Å². The molecular weight excluding hydrogens is 420 g/mol. The van der Waals surface area contributed by atoms with Gasteiger partial charge in [0.2, 0.25) is 0 Å². The third-order valence-corrected chi connectivity index (χ3v) is 4.41. The number of nitrogens with one attached hydrogen (secondary N) is 2. The van der Waals surface area contributed by atoms with E-state index in [4.69, 9.17) is 21.1 Å². The average Bonchev–Trinajstić information content (AvgIpc) is 2.80. The van der Waals surface area contributed by atoms with Crippen LogP contribution in [0, 0.1) is 0 Å². The second-order valence-electron chi connectivity index (χ2n) is 6.17. The first kappa shape index (κ1) is 21.8. The predicted octanol–water partition coefficient (Wildman–Crippen LogP) is 3.77. The standard InChI is InChI=1S/C22H19ClN4O4/c1-30-19-9-6-14(11-20(19)31-2)21(28)26-18-8-7-15(23)12-17(18)22(29)27-25-13-16-5-3-4-10-24-16/h3-13H,1-2H3,(H,26,28)(H,27,29)/b25-13+. The first-order chi connectivity index (χ1) is 15.0. The van der Waals surface area contributed by atoms with E-state index in [0.717, 1.165) is 0 Å². The maximum atomic E-state index is 12.7. The van der Waals surface area contributed by atoms with Crippen LogP contribution in [0.1, 0.15) is 26.4 Å². The van der Waals surface area contributed by atoms with Gasteiger partial charge in [0.25, 0.3) is 11.8 Å². The van der Waals surface area contributed by atoms with Crippen LogP contribution in [0.5, 0.6) is 11.5 Å². The molecule has 2 aromatic carbocycles. The molecule has 1 aromatic heterocycles. The summed E-state index contributed by atoms with van der Waals surface area (Å²) in [5, 5.41) is 6.94. The van der Waals surface area contributed by atoms with Gasteiger partial charge in [-0.3, -0.25) is 14.6 Å². The van der Waals surface area contributed by atoms with Crippen molar-refractivity contribution in [2.45, 2.75) is 0 Å². The van der Waals surface area contributed by atoms with Crippen molar-refractivity contribution in [1.29, 1.82) is 0 Å². The van der Waals surface area contributed by atoms with Gasteiger partial charge in [-0.25, -0.2) is 5.43 Å². The minimum atomic E-state index is -0.544. The van der Waals surface area contributed by atoms with Crippen LogP contribution in [0.2, 0.25) is 5.02 Å². The molecule has 0 atom stereocenters.